The Balaban J connectivity index is 1.58. The number of hydrogen-bond donors (Lipinski definition) is 1. The van der Waals surface area contributed by atoms with Gasteiger partial charge in [-0.05, 0) is 44.0 Å². The number of nitrogens with zero attached hydrogens (tertiary/aromatic N) is 1. The molecule has 2 aliphatic rings. The van der Waals surface area contributed by atoms with Crippen molar-refractivity contribution in [2.75, 3.05) is 26.3 Å². The lowest BCUT2D eigenvalue weighted by Gasteiger charge is -2.32. The summed E-state index contributed by atoms with van der Waals surface area (Å²) in [6.45, 7) is 3.79. The Morgan fingerprint density at radius 1 is 0.825 bits per heavy atom. The van der Waals surface area contributed by atoms with Gasteiger partial charge in [0.1, 0.15) is 5.76 Å². The number of amides is 1. The quantitative estimate of drug-likeness (QED) is 0.338. The van der Waals surface area contributed by atoms with Crippen molar-refractivity contribution in [2.24, 2.45) is 0 Å². The van der Waals surface area contributed by atoms with Gasteiger partial charge < -0.3 is 14.4 Å². The van der Waals surface area contributed by atoms with Crippen molar-refractivity contribution in [1.82, 2.24) is 9.62 Å². The number of ether oxygens (including phenoxy) is 2. The Morgan fingerprint density at radius 3 is 2.05 bits per heavy atom. The molecule has 8 nitrogen and oxygen atoms in total. The predicted octanol–water partition coefficient (Wildman–Crippen LogP) is 4.45. The van der Waals surface area contributed by atoms with Crippen LogP contribution in [0.25, 0.3) is 5.76 Å². The second-order valence-corrected chi connectivity index (χ2v) is 11.3. The van der Waals surface area contributed by atoms with Gasteiger partial charge in [0.2, 0.25) is 0 Å². The number of rotatable bonds is 7. The van der Waals surface area contributed by atoms with Crippen molar-refractivity contribution in [3.05, 3.63) is 118 Å². The summed E-state index contributed by atoms with van der Waals surface area (Å²) in [6.07, 6.45) is 0.683. The molecule has 0 bridgehead atoms. The summed E-state index contributed by atoms with van der Waals surface area (Å²) in [5.74, 6) is -0.868. The summed E-state index contributed by atoms with van der Waals surface area (Å²) in [7, 11) is -4.09. The number of aryl methyl sites for hydroxylation is 1. The van der Waals surface area contributed by atoms with Crippen molar-refractivity contribution in [2.45, 2.75) is 24.7 Å². The monoisotopic (exact) mass is 558 g/mol. The molecule has 1 aliphatic heterocycles. The van der Waals surface area contributed by atoms with Crippen LogP contribution in [0.3, 0.4) is 0 Å². The van der Waals surface area contributed by atoms with Crippen LogP contribution in [0.2, 0.25) is 0 Å². The van der Waals surface area contributed by atoms with E-state index in [0.29, 0.717) is 66.5 Å². The summed E-state index contributed by atoms with van der Waals surface area (Å²) in [5, 5.41) is 0. The van der Waals surface area contributed by atoms with Crippen LogP contribution in [-0.2, 0) is 24.3 Å². The first-order valence-electron chi connectivity index (χ1n) is 13.1. The normalized spacial score (nSPS) is 17.0. The second-order valence-electron chi connectivity index (χ2n) is 9.60. The number of morpholine rings is 1. The smallest absolute Gasteiger partial charge is 0.343 e. The zero-order valence-electron chi connectivity index (χ0n) is 22.1. The van der Waals surface area contributed by atoms with Gasteiger partial charge in [0.25, 0.3) is 15.9 Å². The van der Waals surface area contributed by atoms with Gasteiger partial charge in [-0.1, -0.05) is 66.2 Å². The Bertz CT molecular complexity index is 1560. The number of carbonyl (C=O) groups is 2. The fourth-order valence-electron chi connectivity index (χ4n) is 4.85. The molecular formula is C31H30N2O6S. The van der Waals surface area contributed by atoms with Crippen molar-refractivity contribution in [3.63, 3.8) is 0 Å². The highest BCUT2D eigenvalue weighted by Gasteiger charge is 2.35. The van der Waals surface area contributed by atoms with Crippen molar-refractivity contribution in [3.8, 4) is 0 Å². The molecule has 0 radical (unpaired) electrons. The molecule has 1 saturated heterocycles. The van der Waals surface area contributed by atoms with Gasteiger partial charge in [0.15, 0.2) is 0 Å². The van der Waals surface area contributed by atoms with Crippen LogP contribution in [0.15, 0.2) is 107 Å². The first kappa shape index (κ1) is 27.4. The zero-order chi connectivity index (χ0) is 28.1. The van der Waals surface area contributed by atoms with Crippen molar-refractivity contribution < 1.29 is 27.5 Å². The molecule has 206 valence electrons. The van der Waals surface area contributed by atoms with Crippen LogP contribution in [0.4, 0.5) is 0 Å². The summed E-state index contributed by atoms with van der Waals surface area (Å²) in [6, 6.07) is 24.3. The van der Waals surface area contributed by atoms with Crippen LogP contribution >= 0.6 is 0 Å². The lowest BCUT2D eigenvalue weighted by molar-refractivity contribution is -0.116. The molecule has 0 aromatic heterocycles. The summed E-state index contributed by atoms with van der Waals surface area (Å²) in [5.41, 5.74) is 3.58. The third-order valence-corrected chi connectivity index (χ3v) is 8.22. The first-order valence-corrected chi connectivity index (χ1v) is 14.6. The van der Waals surface area contributed by atoms with E-state index in [4.69, 9.17) is 9.47 Å². The maximum atomic E-state index is 13.6. The molecule has 1 amide bonds. The van der Waals surface area contributed by atoms with E-state index in [1.165, 1.54) is 12.1 Å². The van der Waals surface area contributed by atoms with Crippen LogP contribution in [0.1, 0.15) is 34.3 Å². The molecule has 0 saturated carbocycles. The van der Waals surface area contributed by atoms with Gasteiger partial charge in [-0.3, -0.25) is 4.79 Å². The summed E-state index contributed by atoms with van der Waals surface area (Å²) < 4.78 is 40.0. The van der Waals surface area contributed by atoms with Gasteiger partial charge in [0, 0.05) is 29.8 Å². The highest BCUT2D eigenvalue weighted by Crippen LogP contribution is 2.40. The van der Waals surface area contributed by atoms with E-state index in [9.17, 15) is 18.0 Å². The molecule has 0 atom stereocenters. The average Bonchev–Trinajstić information content (AvgIpc) is 3.42. The van der Waals surface area contributed by atoms with E-state index >= 15 is 0 Å². The predicted molar refractivity (Wildman–Crippen MR) is 150 cm³/mol. The number of hydrogen-bond acceptors (Lipinski definition) is 7. The van der Waals surface area contributed by atoms with E-state index < -0.39 is 21.9 Å². The number of sulfonamides is 1. The third-order valence-electron chi connectivity index (χ3n) is 6.87. The minimum absolute atomic E-state index is 0.00972. The van der Waals surface area contributed by atoms with Crippen LogP contribution in [-0.4, -0.2) is 51.5 Å². The van der Waals surface area contributed by atoms with E-state index in [2.05, 4.69) is 4.72 Å². The molecule has 0 unspecified atom stereocenters. The molecule has 1 N–H and O–H groups in total. The SMILES string of the molecule is Cc1ccc(S(=O)(=O)NC(=O)C2=C(N3CCOCC3)C(=C(OC(=O)c3ccccc3)c3ccccc3)CC2)cc1. The summed E-state index contributed by atoms with van der Waals surface area (Å²) >= 11 is 0. The van der Waals surface area contributed by atoms with Gasteiger partial charge in [-0.2, -0.15) is 0 Å². The molecule has 1 aliphatic carbocycles. The lowest BCUT2D eigenvalue weighted by Crippen LogP contribution is -2.38. The molecular weight excluding hydrogens is 528 g/mol. The maximum Gasteiger partial charge on any atom is 0.343 e. The molecule has 9 heteroatoms. The Kier molecular flexibility index (Phi) is 8.14. The van der Waals surface area contributed by atoms with E-state index in [1.807, 2.05) is 48.2 Å². The van der Waals surface area contributed by atoms with Gasteiger partial charge in [0.05, 0.1) is 29.4 Å². The fourth-order valence-corrected chi connectivity index (χ4v) is 5.83. The minimum Gasteiger partial charge on any atom is -0.422 e. The standard InChI is InChI=1S/C31H30N2O6S/c1-22-12-14-25(15-13-22)40(36,37)32-30(34)27-17-16-26(28(27)33-18-20-38-21-19-33)29(23-8-4-2-5-9-23)39-31(35)24-10-6-3-7-11-24/h2-15H,16-21H2,1H3,(H,32,34). The topological polar surface area (TPSA) is 102 Å². The van der Waals surface area contributed by atoms with Gasteiger partial charge in [-0.25, -0.2) is 17.9 Å². The largest absolute Gasteiger partial charge is 0.422 e. The van der Waals surface area contributed by atoms with E-state index in [-0.39, 0.29) is 11.3 Å². The highest BCUT2D eigenvalue weighted by atomic mass is 32.2. The number of esters is 1. The Morgan fingerprint density at radius 2 is 1.43 bits per heavy atom. The number of nitrogens with one attached hydrogen (secondary N) is 1. The molecule has 5 rings (SSSR count). The molecule has 40 heavy (non-hydrogen) atoms. The van der Waals surface area contributed by atoms with Crippen molar-refractivity contribution in [1.29, 1.82) is 0 Å². The second kappa shape index (κ2) is 11.9. The first-order chi connectivity index (χ1) is 19.3. The Hall–Kier alpha value is -4.21. The molecule has 3 aromatic rings. The average molecular weight is 559 g/mol. The maximum absolute atomic E-state index is 13.6. The lowest BCUT2D eigenvalue weighted by atomic mass is 10.0. The summed E-state index contributed by atoms with van der Waals surface area (Å²) in [4.78, 5) is 28.8. The van der Waals surface area contributed by atoms with Crippen LogP contribution in [0, 0.1) is 6.92 Å². The molecule has 3 aromatic carbocycles. The van der Waals surface area contributed by atoms with Crippen LogP contribution < -0.4 is 4.72 Å². The molecule has 1 heterocycles. The fraction of sp³-hybridized carbons (Fsp3) is 0.226. The van der Waals surface area contributed by atoms with Gasteiger partial charge in [-0.15, -0.1) is 0 Å². The number of benzene rings is 3. The van der Waals surface area contributed by atoms with Gasteiger partial charge >= 0.3 is 5.97 Å². The van der Waals surface area contributed by atoms with Crippen molar-refractivity contribution >= 4 is 27.7 Å². The third kappa shape index (κ3) is 6.00. The zero-order valence-corrected chi connectivity index (χ0v) is 22.9. The number of allylic oxidation sites excluding steroid dienone is 1. The van der Waals surface area contributed by atoms with Crippen LogP contribution in [0.5, 0.6) is 0 Å². The highest BCUT2D eigenvalue weighted by molar-refractivity contribution is 7.90. The minimum atomic E-state index is -4.09. The molecule has 1 fully saturated rings. The molecule has 0 spiro atoms. The number of carbonyl (C=O) groups excluding carboxylic acids is 2. The Labute approximate surface area is 234 Å². The van der Waals surface area contributed by atoms with E-state index in [0.717, 1.165) is 5.56 Å². The van der Waals surface area contributed by atoms with E-state index in [1.54, 1.807) is 36.4 Å².